The zero-order valence-corrected chi connectivity index (χ0v) is 46.4. The molecule has 4 aromatic rings. The molecule has 0 bridgehead atoms. The van der Waals surface area contributed by atoms with E-state index < -0.39 is 95.1 Å². The molecule has 30 heteroatoms. The van der Waals surface area contributed by atoms with Crippen LogP contribution in [-0.2, 0) is 50.1 Å². The molecule has 314 valence electrons. The molecule has 0 fully saturated rings. The predicted octanol–water partition coefficient (Wildman–Crippen LogP) is -9.79. The number of nitrogens with zero attached hydrogens (tertiary/aromatic N) is 6. The zero-order chi connectivity index (χ0) is 44.3. The van der Waals surface area contributed by atoms with Crippen molar-refractivity contribution >= 4 is 86.5 Å². The van der Waals surface area contributed by atoms with Crippen LogP contribution in [0.3, 0.4) is 0 Å². The van der Waals surface area contributed by atoms with Gasteiger partial charge in [0, 0.05) is 49.2 Å². The average molecular weight is 993 g/mol. The summed E-state index contributed by atoms with van der Waals surface area (Å²) in [6, 6.07) is 10.3. The van der Waals surface area contributed by atoms with Crippen molar-refractivity contribution < 1.29 is 189 Å². The van der Waals surface area contributed by atoms with Crippen LogP contribution in [0.5, 0.6) is 0 Å². The zero-order valence-electron chi connectivity index (χ0n) is 35.1. The number of amides is 2. The summed E-state index contributed by atoms with van der Waals surface area (Å²) < 4.78 is 146. The van der Waals surface area contributed by atoms with Crippen LogP contribution in [0.4, 0.5) is 22.7 Å². The van der Waals surface area contributed by atoms with Crippen LogP contribution in [0.2, 0.25) is 0 Å². The molecule has 0 saturated carbocycles. The Bertz CT molecular complexity index is 2920. The van der Waals surface area contributed by atoms with Gasteiger partial charge in [-0.15, -0.1) is 10.9 Å². The fourth-order valence-electron chi connectivity index (χ4n) is 6.12. The number of hydrogen-bond acceptors (Lipinski definition) is 18. The van der Waals surface area contributed by atoms with Crippen LogP contribution in [0, 0.1) is 13.8 Å². The molecule has 0 aliphatic carbocycles. The number of benzene rings is 4. The van der Waals surface area contributed by atoms with Crippen molar-refractivity contribution in [3.05, 3.63) is 83.9 Å². The summed E-state index contributed by atoms with van der Waals surface area (Å²) in [5.41, 5.74) is 4.76. The summed E-state index contributed by atoms with van der Waals surface area (Å²) in [6.45, 7) is 5.76. The van der Waals surface area contributed by atoms with Crippen molar-refractivity contribution in [3.8, 4) is 11.1 Å². The number of hydrazone groups is 2. The summed E-state index contributed by atoms with van der Waals surface area (Å²) >= 11 is 0. The van der Waals surface area contributed by atoms with E-state index in [9.17, 15) is 61.5 Å². The predicted molar refractivity (Wildman–Crippen MR) is 200 cm³/mol. The topological polar surface area (TPSA) is 342 Å². The smallest absolute Gasteiger partial charge is 0.744 e. The SMILES string of the molecule is CC1=[N+](c2ccc(S(=O)(=O)[O-])cc2)NC(=O)C1N=Nc1cc(S(=O)(=O)[O-])c(-c2cc(C)c(N=NC3C(=O)N[N+](c4ccc(S(=O)(=O)[O-])cc4)=C3C)cc2S(=O)(=O)[O-])cc1C.[Na+].[Na+].[Na+].[Na+]. The molecular formula is C34H28N8Na4O14S4+2. The van der Waals surface area contributed by atoms with Gasteiger partial charge in [-0.2, -0.15) is 20.5 Å². The molecular weight excluding hydrogens is 965 g/mol. The van der Waals surface area contributed by atoms with E-state index in [0.29, 0.717) is 0 Å². The number of carbonyl (C=O) groups is 2. The van der Waals surface area contributed by atoms with E-state index in [4.69, 9.17) is 0 Å². The molecule has 2 atom stereocenters. The van der Waals surface area contributed by atoms with Crippen molar-refractivity contribution in [2.45, 2.75) is 59.4 Å². The average Bonchev–Trinajstić information content (AvgIpc) is 3.60. The summed E-state index contributed by atoms with van der Waals surface area (Å²) in [6.07, 6.45) is 0. The fourth-order valence-corrected chi connectivity index (χ4v) is 8.45. The second-order valence-electron chi connectivity index (χ2n) is 13.2. The Balaban J connectivity index is 0.00000352. The second kappa shape index (κ2) is 22.0. The molecule has 6 rings (SSSR count). The number of hydrazine groups is 2. The first-order chi connectivity index (χ1) is 27.8. The number of rotatable bonds is 11. The van der Waals surface area contributed by atoms with Crippen LogP contribution in [0.1, 0.15) is 25.0 Å². The molecule has 0 spiro atoms. The van der Waals surface area contributed by atoms with Gasteiger partial charge in [0.2, 0.25) is 34.9 Å². The normalized spacial score (nSPS) is 16.8. The summed E-state index contributed by atoms with van der Waals surface area (Å²) in [5.74, 6) is -1.41. The molecule has 2 unspecified atom stereocenters. The van der Waals surface area contributed by atoms with Crippen LogP contribution < -0.4 is 129 Å². The first-order valence-corrected chi connectivity index (χ1v) is 22.4. The van der Waals surface area contributed by atoms with Gasteiger partial charge in [-0.25, -0.2) is 33.7 Å². The molecule has 2 amide bonds. The number of aryl methyl sites for hydroxylation is 2. The standard InChI is InChI=1S/C34H30N8O14S4.4Na/c1-17-13-25(29(59(51,52)53)15-27(17)35-37-31-19(3)41(39-33(31)43)21-5-9-23(10-6-21)57(45,46)47)26-14-18(2)28(16-30(26)60(54,55)56)36-38-32-20(4)42(40-34(32)44)22-7-11-24(12-8-22)58(48,49)50;;;;/h5-16,31-32H,1-4H3,(H4-2,39,40,43,44,45,46,47,48,49,50,51,52,53,54,55,56);;;;/q;4*+1/p-2. The Morgan fingerprint density at radius 3 is 1.05 bits per heavy atom. The Kier molecular flexibility index (Phi) is 19.9. The van der Waals surface area contributed by atoms with E-state index in [0.717, 1.165) is 48.5 Å². The third kappa shape index (κ3) is 12.7. The Hall–Kier alpha value is -2.00. The van der Waals surface area contributed by atoms with Gasteiger partial charge in [0.15, 0.2) is 0 Å². The Labute approximate surface area is 455 Å². The van der Waals surface area contributed by atoms with Crippen molar-refractivity contribution in [2.24, 2.45) is 20.5 Å². The van der Waals surface area contributed by atoms with Gasteiger partial charge in [-0.05, 0) is 73.5 Å². The van der Waals surface area contributed by atoms with E-state index in [-0.39, 0.29) is 164 Å². The van der Waals surface area contributed by atoms with E-state index in [2.05, 4.69) is 31.3 Å². The third-order valence-corrected chi connectivity index (χ3v) is 12.6. The molecule has 0 radical (unpaired) electrons. The van der Waals surface area contributed by atoms with Crippen molar-refractivity contribution in [3.63, 3.8) is 0 Å². The van der Waals surface area contributed by atoms with Crippen molar-refractivity contribution in [1.82, 2.24) is 10.9 Å². The van der Waals surface area contributed by atoms with E-state index in [1.165, 1.54) is 61.3 Å². The van der Waals surface area contributed by atoms with Crippen LogP contribution in [0.25, 0.3) is 11.1 Å². The summed E-state index contributed by atoms with van der Waals surface area (Å²) in [4.78, 5) is 22.7. The van der Waals surface area contributed by atoms with Gasteiger partial charge in [0.25, 0.3) is 0 Å². The largest absolute Gasteiger partial charge is 1.00 e. The second-order valence-corrected chi connectivity index (χ2v) is 18.7. The molecule has 2 aliphatic rings. The van der Waals surface area contributed by atoms with Gasteiger partial charge >= 0.3 is 130 Å². The molecule has 2 aliphatic heterocycles. The monoisotopic (exact) mass is 992 g/mol. The number of hydrogen-bond donors (Lipinski definition) is 2. The molecule has 64 heavy (non-hydrogen) atoms. The molecule has 2 N–H and O–H groups in total. The first-order valence-electron chi connectivity index (χ1n) is 16.8. The van der Waals surface area contributed by atoms with Gasteiger partial charge in [-0.1, -0.05) is 9.37 Å². The van der Waals surface area contributed by atoms with Gasteiger partial charge in [0.05, 0.1) is 31.0 Å². The minimum atomic E-state index is -5.44. The van der Waals surface area contributed by atoms with Crippen LogP contribution in [0.15, 0.2) is 113 Å². The third-order valence-electron chi connectivity index (χ3n) is 9.19. The van der Waals surface area contributed by atoms with E-state index in [1.54, 1.807) is 0 Å². The van der Waals surface area contributed by atoms with Gasteiger partial charge < -0.3 is 18.2 Å². The van der Waals surface area contributed by atoms with E-state index in [1.807, 2.05) is 0 Å². The summed E-state index contributed by atoms with van der Waals surface area (Å²) in [7, 11) is -20.4. The van der Waals surface area contributed by atoms with Crippen molar-refractivity contribution in [1.29, 1.82) is 0 Å². The molecule has 2 heterocycles. The maximum atomic E-state index is 12.9. The van der Waals surface area contributed by atoms with Gasteiger partial charge in [-0.3, -0.25) is 9.59 Å². The van der Waals surface area contributed by atoms with Crippen LogP contribution in [-0.4, -0.2) is 96.6 Å². The Morgan fingerprint density at radius 1 is 0.484 bits per heavy atom. The van der Waals surface area contributed by atoms with E-state index >= 15 is 0 Å². The number of azo groups is 2. The fraction of sp³-hybridized carbons (Fsp3) is 0.176. The number of nitrogens with one attached hydrogen (secondary N) is 2. The maximum Gasteiger partial charge on any atom is 1.00 e. The molecule has 0 aromatic heterocycles. The summed E-state index contributed by atoms with van der Waals surface area (Å²) in [5, 5.41) is 16.0. The quantitative estimate of drug-likeness (QED) is 0.0610. The van der Waals surface area contributed by atoms with Crippen LogP contribution >= 0.6 is 0 Å². The molecule has 4 aromatic carbocycles. The minimum absolute atomic E-state index is 0. The number of carbonyl (C=O) groups excluding carboxylic acids is 2. The maximum absolute atomic E-state index is 12.9. The Morgan fingerprint density at radius 2 is 0.781 bits per heavy atom. The van der Waals surface area contributed by atoms with Crippen molar-refractivity contribution in [2.75, 3.05) is 0 Å². The minimum Gasteiger partial charge on any atom is -0.744 e. The first kappa shape index (κ1) is 58.1. The molecule has 0 saturated heterocycles. The molecule has 22 nitrogen and oxygen atoms in total. The van der Waals surface area contributed by atoms with Gasteiger partial charge in [0.1, 0.15) is 40.5 Å².